The summed E-state index contributed by atoms with van der Waals surface area (Å²) in [5.74, 6) is 0. The van der Waals surface area contributed by atoms with Crippen LogP contribution in [0, 0.1) is 0 Å². The summed E-state index contributed by atoms with van der Waals surface area (Å²) in [7, 11) is 0. The molecule has 0 aliphatic rings. The number of rotatable bonds is 1. The van der Waals surface area contributed by atoms with E-state index < -0.39 is 0 Å². The maximum Gasteiger partial charge on any atom is 0.0810 e. The zero-order chi connectivity index (χ0) is 11.0. The molecule has 0 N–H and O–H groups in total. The van der Waals surface area contributed by atoms with E-state index in [0.717, 1.165) is 9.99 Å². The van der Waals surface area contributed by atoms with E-state index in [1.807, 2.05) is 35.1 Å². The third kappa shape index (κ3) is 1.53. The van der Waals surface area contributed by atoms with Crippen LogP contribution in [-0.4, -0.2) is 9.61 Å². The maximum absolute atomic E-state index is 4.22. The van der Waals surface area contributed by atoms with Gasteiger partial charge in [0.2, 0.25) is 0 Å². The first-order valence-electron chi connectivity index (χ1n) is 5.03. The van der Waals surface area contributed by atoms with Crippen LogP contribution in [0.25, 0.3) is 16.6 Å². The van der Waals surface area contributed by atoms with Crippen LogP contribution < -0.4 is 0 Å². The fraction of sp³-hybridized carbons (Fsp3) is 0. The third-order valence-electron chi connectivity index (χ3n) is 2.58. The van der Waals surface area contributed by atoms with Crippen molar-refractivity contribution in [1.29, 1.82) is 0 Å². The Morgan fingerprint density at radius 2 is 1.81 bits per heavy atom. The first-order valence-corrected chi connectivity index (χ1v) is 5.82. The molecule has 0 saturated heterocycles. The van der Waals surface area contributed by atoms with Crippen molar-refractivity contribution in [3.05, 3.63) is 59.3 Å². The number of hydrogen-bond acceptors (Lipinski definition) is 1. The molecule has 0 amide bonds. The molecule has 3 heteroatoms. The van der Waals surface area contributed by atoms with Gasteiger partial charge in [-0.05, 0) is 39.2 Å². The minimum Gasteiger partial charge on any atom is -0.240 e. The topological polar surface area (TPSA) is 17.3 Å². The van der Waals surface area contributed by atoms with E-state index in [1.54, 1.807) is 0 Å². The lowest BCUT2D eigenvalue weighted by molar-refractivity contribution is 0.962. The summed E-state index contributed by atoms with van der Waals surface area (Å²) in [6, 6.07) is 14.5. The van der Waals surface area contributed by atoms with Gasteiger partial charge < -0.3 is 0 Å². The van der Waals surface area contributed by atoms with Crippen LogP contribution in [0.15, 0.2) is 59.3 Å². The number of halogens is 1. The van der Waals surface area contributed by atoms with E-state index in [-0.39, 0.29) is 0 Å². The Morgan fingerprint density at radius 1 is 1.00 bits per heavy atom. The molecule has 16 heavy (non-hydrogen) atoms. The van der Waals surface area contributed by atoms with E-state index >= 15 is 0 Å². The Balaban J connectivity index is 2.22. The monoisotopic (exact) mass is 272 g/mol. The highest BCUT2D eigenvalue weighted by atomic mass is 79.9. The highest BCUT2D eigenvalue weighted by Crippen LogP contribution is 2.24. The molecule has 1 aromatic carbocycles. The van der Waals surface area contributed by atoms with Crippen molar-refractivity contribution in [3.63, 3.8) is 0 Å². The van der Waals surface area contributed by atoms with Crippen molar-refractivity contribution in [2.75, 3.05) is 0 Å². The lowest BCUT2D eigenvalue weighted by Crippen LogP contribution is -1.86. The molecular weight excluding hydrogens is 264 g/mol. The van der Waals surface area contributed by atoms with Crippen LogP contribution in [0.4, 0.5) is 0 Å². The number of pyridine rings is 1. The van der Waals surface area contributed by atoms with E-state index in [2.05, 4.69) is 45.3 Å². The van der Waals surface area contributed by atoms with E-state index in [4.69, 9.17) is 0 Å². The molecule has 2 heterocycles. The molecule has 3 aromatic rings. The van der Waals surface area contributed by atoms with Gasteiger partial charge in [-0.15, -0.1) is 0 Å². The lowest BCUT2D eigenvalue weighted by atomic mass is 10.1. The molecule has 0 aliphatic carbocycles. The quantitative estimate of drug-likeness (QED) is 0.659. The van der Waals surface area contributed by atoms with Gasteiger partial charge in [-0.3, -0.25) is 0 Å². The Kier molecular flexibility index (Phi) is 2.26. The summed E-state index contributed by atoms with van der Waals surface area (Å²) < 4.78 is 2.88. The zero-order valence-corrected chi connectivity index (χ0v) is 10.1. The summed E-state index contributed by atoms with van der Waals surface area (Å²) >= 11 is 3.49. The second kappa shape index (κ2) is 3.76. The highest BCUT2D eigenvalue weighted by molar-refractivity contribution is 9.10. The zero-order valence-electron chi connectivity index (χ0n) is 8.47. The Hall–Kier alpha value is -1.61. The fourth-order valence-corrected chi connectivity index (χ4v) is 2.15. The van der Waals surface area contributed by atoms with Crippen LogP contribution in [0.5, 0.6) is 0 Å². The van der Waals surface area contributed by atoms with Gasteiger partial charge in [0.25, 0.3) is 0 Å². The van der Waals surface area contributed by atoms with Crippen molar-refractivity contribution in [3.8, 4) is 11.1 Å². The van der Waals surface area contributed by atoms with Gasteiger partial charge in [0.15, 0.2) is 0 Å². The number of nitrogens with zero attached hydrogens (tertiary/aromatic N) is 2. The van der Waals surface area contributed by atoms with Gasteiger partial charge in [-0.25, -0.2) is 4.52 Å². The van der Waals surface area contributed by atoms with Crippen LogP contribution in [-0.2, 0) is 0 Å². The summed E-state index contributed by atoms with van der Waals surface area (Å²) in [6.45, 7) is 0. The first kappa shape index (κ1) is 9.60. The number of fused-ring (bicyclic) bond motifs is 1. The molecule has 0 spiro atoms. The number of hydrogen-bond donors (Lipinski definition) is 0. The third-order valence-corrected chi connectivity index (χ3v) is 3.19. The van der Waals surface area contributed by atoms with Crippen molar-refractivity contribution in [2.45, 2.75) is 0 Å². The predicted octanol–water partition coefficient (Wildman–Crippen LogP) is 3.76. The van der Waals surface area contributed by atoms with E-state index in [0.29, 0.717) is 0 Å². The smallest absolute Gasteiger partial charge is 0.0810 e. The van der Waals surface area contributed by atoms with Crippen molar-refractivity contribution < 1.29 is 0 Å². The van der Waals surface area contributed by atoms with Crippen LogP contribution >= 0.6 is 15.9 Å². The van der Waals surface area contributed by atoms with Crippen molar-refractivity contribution in [1.82, 2.24) is 9.61 Å². The maximum atomic E-state index is 4.22. The van der Waals surface area contributed by atoms with Gasteiger partial charge in [-0.1, -0.05) is 30.3 Å². The summed E-state index contributed by atoms with van der Waals surface area (Å²) in [5, 5.41) is 4.22. The molecule has 0 bridgehead atoms. The largest absolute Gasteiger partial charge is 0.240 e. The van der Waals surface area contributed by atoms with Gasteiger partial charge >= 0.3 is 0 Å². The Morgan fingerprint density at radius 3 is 2.62 bits per heavy atom. The van der Waals surface area contributed by atoms with E-state index in [9.17, 15) is 0 Å². The van der Waals surface area contributed by atoms with Crippen molar-refractivity contribution in [2.24, 2.45) is 0 Å². The van der Waals surface area contributed by atoms with Gasteiger partial charge in [0, 0.05) is 6.20 Å². The molecule has 0 radical (unpaired) electrons. The van der Waals surface area contributed by atoms with Gasteiger partial charge in [-0.2, -0.15) is 5.10 Å². The Bertz CT molecular complexity index is 629. The summed E-state index contributed by atoms with van der Waals surface area (Å²) in [6.07, 6.45) is 3.78. The average Bonchev–Trinajstić information content (AvgIpc) is 2.72. The van der Waals surface area contributed by atoms with Crippen LogP contribution in [0.3, 0.4) is 0 Å². The molecule has 2 nitrogen and oxygen atoms in total. The lowest BCUT2D eigenvalue weighted by Gasteiger charge is -2.02. The second-order valence-electron chi connectivity index (χ2n) is 3.60. The normalized spacial score (nSPS) is 10.8. The molecule has 78 valence electrons. The van der Waals surface area contributed by atoms with E-state index in [1.165, 1.54) is 11.1 Å². The van der Waals surface area contributed by atoms with Crippen LogP contribution in [0.2, 0.25) is 0 Å². The standard InChI is InChI=1S/C13H9BrN2/c14-12-9-15-16-7-6-11(8-13(12)16)10-4-2-1-3-5-10/h1-9H. The summed E-state index contributed by atoms with van der Waals surface area (Å²) in [4.78, 5) is 0. The first-order chi connectivity index (χ1) is 7.84. The SMILES string of the molecule is Brc1cnn2ccc(-c3ccccc3)cc12. The number of benzene rings is 1. The molecule has 0 fully saturated rings. The van der Waals surface area contributed by atoms with Crippen LogP contribution in [0.1, 0.15) is 0 Å². The molecule has 0 unspecified atom stereocenters. The minimum absolute atomic E-state index is 1.02. The summed E-state index contributed by atoms with van der Waals surface area (Å²) in [5.41, 5.74) is 3.51. The predicted molar refractivity (Wildman–Crippen MR) is 68.3 cm³/mol. The highest BCUT2D eigenvalue weighted by Gasteiger charge is 2.03. The average molecular weight is 273 g/mol. The minimum atomic E-state index is 1.02. The molecule has 0 aliphatic heterocycles. The number of aromatic nitrogens is 2. The molecule has 3 rings (SSSR count). The van der Waals surface area contributed by atoms with Gasteiger partial charge in [0.1, 0.15) is 0 Å². The molecule has 0 saturated carbocycles. The molecular formula is C13H9BrN2. The van der Waals surface area contributed by atoms with Crippen molar-refractivity contribution >= 4 is 21.4 Å². The Labute approximate surface area is 102 Å². The molecule has 2 aromatic heterocycles. The fourth-order valence-electron chi connectivity index (χ4n) is 1.76. The molecule has 0 atom stereocenters. The van der Waals surface area contributed by atoms with Gasteiger partial charge in [0.05, 0.1) is 16.2 Å². The second-order valence-corrected chi connectivity index (χ2v) is 4.46.